The molecule has 2 aromatic heterocycles. The number of benzene rings is 1. The molecule has 0 aliphatic carbocycles. The standard InChI is InChI=1S/C15H16N4OS/c1-15(2,14-16-7-8-21-14)17-9-12-18-11-6-4-3-5-10(11)13(20)19-12/h3-8,17H,9H2,1-2H3,(H,18,19,20). The van der Waals surface area contributed by atoms with Gasteiger partial charge >= 0.3 is 0 Å². The van der Waals surface area contributed by atoms with Crippen LogP contribution in [0.5, 0.6) is 0 Å². The molecule has 0 spiro atoms. The third-order valence-corrected chi connectivity index (χ3v) is 4.42. The number of rotatable bonds is 4. The molecule has 2 heterocycles. The van der Waals surface area contributed by atoms with Crippen LogP contribution in [-0.2, 0) is 12.1 Å². The molecule has 3 rings (SSSR count). The van der Waals surface area contributed by atoms with E-state index in [1.807, 2.05) is 23.6 Å². The quantitative estimate of drug-likeness (QED) is 0.776. The van der Waals surface area contributed by atoms with Gasteiger partial charge in [0.05, 0.1) is 23.0 Å². The Morgan fingerprint density at radius 1 is 1.33 bits per heavy atom. The van der Waals surface area contributed by atoms with Gasteiger partial charge < -0.3 is 4.98 Å². The normalized spacial score (nSPS) is 11.9. The van der Waals surface area contributed by atoms with Gasteiger partial charge in [-0.1, -0.05) is 12.1 Å². The first kappa shape index (κ1) is 13.9. The van der Waals surface area contributed by atoms with Crippen LogP contribution in [0.2, 0.25) is 0 Å². The summed E-state index contributed by atoms with van der Waals surface area (Å²) in [7, 11) is 0. The van der Waals surface area contributed by atoms with Crippen molar-refractivity contribution in [3.05, 3.63) is 57.0 Å². The molecule has 0 aliphatic heterocycles. The van der Waals surface area contributed by atoms with Crippen molar-refractivity contribution >= 4 is 22.2 Å². The SMILES string of the molecule is CC(C)(NCc1nc2ccccc2c(=O)[nH]1)c1nccs1. The van der Waals surface area contributed by atoms with Crippen molar-refractivity contribution < 1.29 is 0 Å². The third kappa shape index (κ3) is 2.86. The van der Waals surface area contributed by atoms with E-state index >= 15 is 0 Å². The predicted molar refractivity (Wildman–Crippen MR) is 84.3 cm³/mol. The highest BCUT2D eigenvalue weighted by atomic mass is 32.1. The average molecular weight is 300 g/mol. The second kappa shape index (κ2) is 5.38. The van der Waals surface area contributed by atoms with Crippen LogP contribution in [0.4, 0.5) is 0 Å². The number of H-pyrrole nitrogens is 1. The summed E-state index contributed by atoms with van der Waals surface area (Å²) in [6.45, 7) is 4.60. The topological polar surface area (TPSA) is 70.7 Å². The zero-order valence-corrected chi connectivity index (χ0v) is 12.7. The van der Waals surface area contributed by atoms with Gasteiger partial charge in [-0.2, -0.15) is 0 Å². The molecule has 0 atom stereocenters. The van der Waals surface area contributed by atoms with Gasteiger partial charge in [0.15, 0.2) is 0 Å². The molecule has 3 aromatic rings. The van der Waals surface area contributed by atoms with Crippen LogP contribution < -0.4 is 10.9 Å². The van der Waals surface area contributed by atoms with Gasteiger partial charge in [0, 0.05) is 11.6 Å². The van der Waals surface area contributed by atoms with E-state index in [0.29, 0.717) is 23.3 Å². The molecule has 0 bridgehead atoms. The third-order valence-electron chi connectivity index (χ3n) is 3.33. The Kier molecular flexibility index (Phi) is 3.57. The summed E-state index contributed by atoms with van der Waals surface area (Å²) in [6.07, 6.45) is 1.79. The minimum absolute atomic E-state index is 0.107. The van der Waals surface area contributed by atoms with Crippen molar-refractivity contribution in [2.75, 3.05) is 0 Å². The maximum atomic E-state index is 12.0. The largest absolute Gasteiger partial charge is 0.309 e. The summed E-state index contributed by atoms with van der Waals surface area (Å²) in [6, 6.07) is 7.34. The van der Waals surface area contributed by atoms with E-state index < -0.39 is 0 Å². The van der Waals surface area contributed by atoms with Crippen LogP contribution in [0.1, 0.15) is 24.7 Å². The number of nitrogens with one attached hydrogen (secondary N) is 2. The van der Waals surface area contributed by atoms with Crippen LogP contribution >= 0.6 is 11.3 Å². The maximum Gasteiger partial charge on any atom is 0.258 e. The fraction of sp³-hybridized carbons (Fsp3) is 0.267. The predicted octanol–water partition coefficient (Wildman–Crippen LogP) is 2.40. The molecule has 0 radical (unpaired) electrons. The molecule has 0 aliphatic rings. The van der Waals surface area contributed by atoms with E-state index in [2.05, 4.69) is 34.1 Å². The lowest BCUT2D eigenvalue weighted by molar-refractivity contribution is 0.393. The Hall–Kier alpha value is -2.05. The molecule has 108 valence electrons. The number of hydrogen-bond acceptors (Lipinski definition) is 5. The van der Waals surface area contributed by atoms with Crippen molar-refractivity contribution in [2.45, 2.75) is 25.9 Å². The van der Waals surface area contributed by atoms with E-state index in [-0.39, 0.29) is 11.1 Å². The number of aromatic amines is 1. The number of para-hydroxylation sites is 1. The van der Waals surface area contributed by atoms with Gasteiger partial charge in [-0.15, -0.1) is 11.3 Å². The molecule has 1 aromatic carbocycles. The second-order valence-electron chi connectivity index (χ2n) is 5.35. The summed E-state index contributed by atoms with van der Waals surface area (Å²) < 4.78 is 0. The van der Waals surface area contributed by atoms with Crippen LogP contribution in [0.25, 0.3) is 10.9 Å². The first-order chi connectivity index (χ1) is 10.1. The molecule has 5 nitrogen and oxygen atoms in total. The number of hydrogen-bond donors (Lipinski definition) is 2. The maximum absolute atomic E-state index is 12.0. The molecule has 0 saturated heterocycles. The fourth-order valence-electron chi connectivity index (χ4n) is 2.13. The highest BCUT2D eigenvalue weighted by Gasteiger charge is 2.22. The van der Waals surface area contributed by atoms with Gasteiger partial charge in [-0.05, 0) is 26.0 Å². The summed E-state index contributed by atoms with van der Waals surface area (Å²) in [5, 5.41) is 6.95. The van der Waals surface area contributed by atoms with Crippen LogP contribution in [0.15, 0.2) is 40.6 Å². The highest BCUT2D eigenvalue weighted by molar-refractivity contribution is 7.09. The lowest BCUT2D eigenvalue weighted by Gasteiger charge is -2.23. The number of aromatic nitrogens is 3. The van der Waals surface area contributed by atoms with Crippen molar-refractivity contribution in [1.29, 1.82) is 0 Å². The Morgan fingerprint density at radius 3 is 2.90 bits per heavy atom. The number of fused-ring (bicyclic) bond motifs is 1. The Morgan fingerprint density at radius 2 is 2.14 bits per heavy atom. The van der Waals surface area contributed by atoms with E-state index in [0.717, 1.165) is 5.01 Å². The highest BCUT2D eigenvalue weighted by Crippen LogP contribution is 2.22. The first-order valence-electron chi connectivity index (χ1n) is 6.69. The Balaban J connectivity index is 1.84. The summed E-state index contributed by atoms with van der Waals surface area (Å²) in [5.41, 5.74) is 0.341. The zero-order chi connectivity index (χ0) is 14.9. The van der Waals surface area contributed by atoms with Crippen LogP contribution in [0.3, 0.4) is 0 Å². The molecular weight excluding hydrogens is 284 g/mol. The van der Waals surface area contributed by atoms with E-state index in [4.69, 9.17) is 0 Å². The Labute approximate surface area is 126 Å². The van der Waals surface area contributed by atoms with Gasteiger partial charge in [0.1, 0.15) is 10.8 Å². The minimum atomic E-state index is -0.265. The van der Waals surface area contributed by atoms with Crippen LogP contribution in [0, 0.1) is 0 Å². The lowest BCUT2D eigenvalue weighted by atomic mass is 10.1. The fourth-order valence-corrected chi connectivity index (χ4v) is 2.87. The van der Waals surface area contributed by atoms with E-state index in [1.54, 1.807) is 23.6 Å². The number of thiazole rings is 1. The van der Waals surface area contributed by atoms with Crippen LogP contribution in [-0.4, -0.2) is 15.0 Å². The van der Waals surface area contributed by atoms with E-state index in [9.17, 15) is 4.79 Å². The molecular formula is C15H16N4OS. The molecule has 0 fully saturated rings. The second-order valence-corrected chi connectivity index (χ2v) is 6.24. The molecule has 6 heteroatoms. The van der Waals surface area contributed by atoms with Crippen molar-refractivity contribution in [2.24, 2.45) is 0 Å². The monoisotopic (exact) mass is 300 g/mol. The smallest absolute Gasteiger partial charge is 0.258 e. The van der Waals surface area contributed by atoms with E-state index in [1.165, 1.54) is 0 Å². The minimum Gasteiger partial charge on any atom is -0.309 e. The van der Waals surface area contributed by atoms with Gasteiger partial charge in [-0.3, -0.25) is 10.1 Å². The zero-order valence-electron chi connectivity index (χ0n) is 11.9. The van der Waals surface area contributed by atoms with Crippen molar-refractivity contribution in [1.82, 2.24) is 20.3 Å². The van der Waals surface area contributed by atoms with Crippen molar-refractivity contribution in [3.8, 4) is 0 Å². The Bertz CT molecular complexity index is 808. The summed E-state index contributed by atoms with van der Waals surface area (Å²) >= 11 is 1.60. The molecule has 21 heavy (non-hydrogen) atoms. The molecule has 0 amide bonds. The average Bonchev–Trinajstić information content (AvgIpc) is 3.00. The molecule has 0 unspecified atom stereocenters. The lowest BCUT2D eigenvalue weighted by Crippen LogP contribution is -2.36. The van der Waals surface area contributed by atoms with Gasteiger partial charge in [-0.25, -0.2) is 9.97 Å². The van der Waals surface area contributed by atoms with Gasteiger partial charge in [0.2, 0.25) is 0 Å². The molecule has 0 saturated carbocycles. The van der Waals surface area contributed by atoms with Gasteiger partial charge in [0.25, 0.3) is 5.56 Å². The number of nitrogens with zero attached hydrogens (tertiary/aromatic N) is 2. The van der Waals surface area contributed by atoms with Crippen molar-refractivity contribution in [3.63, 3.8) is 0 Å². The summed E-state index contributed by atoms with van der Waals surface area (Å²) in [5.74, 6) is 0.628. The first-order valence-corrected chi connectivity index (χ1v) is 7.57. The molecule has 2 N–H and O–H groups in total. The summed E-state index contributed by atoms with van der Waals surface area (Å²) in [4.78, 5) is 23.7.